The summed E-state index contributed by atoms with van der Waals surface area (Å²) >= 11 is 11.8. The van der Waals surface area contributed by atoms with Crippen LogP contribution < -0.4 is 0 Å². The fraction of sp³-hybridized carbons (Fsp3) is 0.0909. The largest absolute Gasteiger partial charge is 0.478 e. The lowest BCUT2D eigenvalue weighted by Crippen LogP contribution is -1.98. The Bertz CT molecular complexity index is 455. The van der Waals surface area contributed by atoms with Gasteiger partial charge in [-0.3, -0.25) is 4.79 Å². The molecule has 0 radical (unpaired) electrons. The summed E-state index contributed by atoms with van der Waals surface area (Å²) in [7, 11) is 0. The van der Waals surface area contributed by atoms with Crippen LogP contribution in [0.1, 0.15) is 22.8 Å². The number of hydrogen-bond acceptors (Lipinski definition) is 2. The lowest BCUT2D eigenvalue weighted by atomic mass is 10.0. The highest BCUT2D eigenvalue weighted by molar-refractivity contribution is 6.39. The molecule has 0 saturated carbocycles. The number of aldehydes is 1. The molecule has 1 rings (SSSR count). The molecule has 0 saturated heterocycles. The van der Waals surface area contributed by atoms with Gasteiger partial charge in [0.15, 0.2) is 0 Å². The number of aromatic carboxylic acids is 1. The number of rotatable bonds is 3. The summed E-state index contributed by atoms with van der Waals surface area (Å²) in [6, 6.07) is 2.52. The minimum absolute atomic E-state index is 0.0138. The van der Waals surface area contributed by atoms with Gasteiger partial charge in [0.2, 0.25) is 0 Å². The molecular formula is C11H8Cl2O3. The molecule has 1 N–H and O–H groups in total. The van der Waals surface area contributed by atoms with E-state index in [1.165, 1.54) is 12.1 Å². The Morgan fingerprint density at radius 1 is 1.31 bits per heavy atom. The molecular weight excluding hydrogens is 251 g/mol. The van der Waals surface area contributed by atoms with E-state index < -0.39 is 5.97 Å². The molecule has 0 fully saturated rings. The lowest BCUT2D eigenvalue weighted by molar-refractivity contribution is -0.103. The molecule has 0 aliphatic rings. The van der Waals surface area contributed by atoms with E-state index in [0.717, 1.165) is 0 Å². The molecule has 0 bridgehead atoms. The van der Waals surface area contributed by atoms with Crippen molar-refractivity contribution in [3.8, 4) is 0 Å². The first-order chi connectivity index (χ1) is 7.51. The Morgan fingerprint density at radius 3 is 2.12 bits per heavy atom. The third-order valence-corrected chi connectivity index (χ3v) is 2.61. The van der Waals surface area contributed by atoms with Crippen molar-refractivity contribution in [2.45, 2.75) is 6.92 Å². The number of halogens is 2. The van der Waals surface area contributed by atoms with Crippen LogP contribution in [0.2, 0.25) is 10.0 Å². The minimum Gasteiger partial charge on any atom is -0.478 e. The minimum atomic E-state index is -1.12. The quantitative estimate of drug-likeness (QED) is 0.669. The van der Waals surface area contributed by atoms with E-state index in [0.29, 0.717) is 17.4 Å². The maximum atomic E-state index is 10.8. The van der Waals surface area contributed by atoms with Crippen LogP contribution in [0.4, 0.5) is 0 Å². The molecule has 84 valence electrons. The van der Waals surface area contributed by atoms with Crippen LogP contribution >= 0.6 is 23.2 Å². The Morgan fingerprint density at radius 2 is 1.81 bits per heavy atom. The Labute approximate surface area is 102 Å². The van der Waals surface area contributed by atoms with Gasteiger partial charge in [-0.05, 0) is 19.1 Å². The number of carbonyl (C=O) groups excluding carboxylic acids is 1. The summed E-state index contributed by atoms with van der Waals surface area (Å²) in [5.74, 6) is -1.12. The predicted octanol–water partition coefficient (Wildman–Crippen LogP) is 3.29. The summed E-state index contributed by atoms with van der Waals surface area (Å²) in [6.45, 7) is 1.67. The molecule has 3 nitrogen and oxygen atoms in total. The number of benzene rings is 1. The zero-order chi connectivity index (χ0) is 12.3. The maximum Gasteiger partial charge on any atom is 0.335 e. The van der Waals surface area contributed by atoms with Crippen LogP contribution in [0.5, 0.6) is 0 Å². The highest BCUT2D eigenvalue weighted by atomic mass is 35.5. The fourth-order valence-electron chi connectivity index (χ4n) is 1.24. The molecule has 0 amide bonds. The first kappa shape index (κ1) is 12.7. The van der Waals surface area contributed by atoms with Crippen molar-refractivity contribution >= 4 is 41.0 Å². The number of allylic oxidation sites excluding steroid dienone is 2. The second-order valence-corrected chi connectivity index (χ2v) is 3.80. The second-order valence-electron chi connectivity index (χ2n) is 2.98. The SMILES string of the molecule is CC=C(C=O)c1c(Cl)cc(C(=O)O)cc1Cl. The van der Waals surface area contributed by atoms with E-state index in [9.17, 15) is 9.59 Å². The molecule has 0 spiro atoms. The van der Waals surface area contributed by atoms with E-state index in [4.69, 9.17) is 28.3 Å². The van der Waals surface area contributed by atoms with Crippen molar-refractivity contribution in [2.75, 3.05) is 0 Å². The smallest absolute Gasteiger partial charge is 0.335 e. The zero-order valence-electron chi connectivity index (χ0n) is 8.33. The van der Waals surface area contributed by atoms with Crippen LogP contribution in [-0.2, 0) is 4.79 Å². The number of carbonyl (C=O) groups is 2. The predicted molar refractivity (Wildman–Crippen MR) is 63.1 cm³/mol. The van der Waals surface area contributed by atoms with E-state index >= 15 is 0 Å². The summed E-state index contributed by atoms with van der Waals surface area (Å²) in [5, 5.41) is 9.06. The van der Waals surface area contributed by atoms with Gasteiger partial charge in [-0.1, -0.05) is 29.3 Å². The molecule has 1 aromatic rings. The molecule has 5 heteroatoms. The number of carboxylic acids is 1. The van der Waals surface area contributed by atoms with Gasteiger partial charge >= 0.3 is 5.97 Å². The fourth-order valence-corrected chi connectivity index (χ4v) is 1.95. The average molecular weight is 259 g/mol. The van der Waals surface area contributed by atoms with Crippen molar-refractivity contribution in [2.24, 2.45) is 0 Å². The highest BCUT2D eigenvalue weighted by Gasteiger charge is 2.14. The van der Waals surface area contributed by atoms with Gasteiger partial charge in [0.1, 0.15) is 6.29 Å². The van der Waals surface area contributed by atoms with E-state index in [1.807, 2.05) is 0 Å². The van der Waals surface area contributed by atoms with Crippen LogP contribution in [0.3, 0.4) is 0 Å². The standard InChI is InChI=1S/C11H8Cl2O3/c1-2-6(5-14)10-8(12)3-7(11(15)16)4-9(10)13/h2-5H,1H3,(H,15,16). The molecule has 0 atom stereocenters. The van der Waals surface area contributed by atoms with E-state index in [-0.39, 0.29) is 15.6 Å². The van der Waals surface area contributed by atoms with Crippen molar-refractivity contribution in [3.05, 3.63) is 39.4 Å². The lowest BCUT2D eigenvalue weighted by Gasteiger charge is -2.07. The molecule has 0 aliphatic carbocycles. The number of hydrogen-bond donors (Lipinski definition) is 1. The van der Waals surface area contributed by atoms with Crippen molar-refractivity contribution < 1.29 is 14.7 Å². The first-order valence-corrected chi connectivity index (χ1v) is 5.11. The first-order valence-electron chi connectivity index (χ1n) is 4.35. The van der Waals surface area contributed by atoms with Crippen molar-refractivity contribution in [1.82, 2.24) is 0 Å². The van der Waals surface area contributed by atoms with Gasteiger partial charge in [-0.25, -0.2) is 4.79 Å². The van der Waals surface area contributed by atoms with Crippen LogP contribution in [0.15, 0.2) is 18.2 Å². The Hall–Kier alpha value is -1.32. The van der Waals surface area contributed by atoms with Gasteiger partial charge in [-0.2, -0.15) is 0 Å². The van der Waals surface area contributed by atoms with Crippen molar-refractivity contribution in [3.63, 3.8) is 0 Å². The maximum absolute atomic E-state index is 10.8. The third kappa shape index (κ3) is 2.43. The molecule has 0 aliphatic heterocycles. The van der Waals surface area contributed by atoms with Crippen molar-refractivity contribution in [1.29, 1.82) is 0 Å². The van der Waals surface area contributed by atoms with Gasteiger partial charge in [0.05, 0.1) is 15.6 Å². The molecule has 16 heavy (non-hydrogen) atoms. The van der Waals surface area contributed by atoms with Gasteiger partial charge in [-0.15, -0.1) is 0 Å². The normalized spacial score (nSPS) is 11.3. The number of carboxylic acid groups (broad SMARTS) is 1. The zero-order valence-corrected chi connectivity index (χ0v) is 9.84. The molecule has 0 heterocycles. The molecule has 1 aromatic carbocycles. The topological polar surface area (TPSA) is 54.4 Å². The second kappa shape index (κ2) is 5.14. The van der Waals surface area contributed by atoms with Crippen LogP contribution in [0.25, 0.3) is 5.57 Å². The Balaban J connectivity index is 3.44. The summed E-state index contributed by atoms with van der Waals surface area (Å²) in [6.07, 6.45) is 2.17. The highest BCUT2D eigenvalue weighted by Crippen LogP contribution is 2.31. The van der Waals surface area contributed by atoms with Crippen LogP contribution in [-0.4, -0.2) is 17.4 Å². The summed E-state index contributed by atoms with van der Waals surface area (Å²) in [4.78, 5) is 21.5. The van der Waals surface area contributed by atoms with Crippen LogP contribution in [0, 0.1) is 0 Å². The third-order valence-electron chi connectivity index (χ3n) is 2.02. The van der Waals surface area contributed by atoms with E-state index in [2.05, 4.69) is 0 Å². The summed E-state index contributed by atoms with van der Waals surface area (Å²) in [5.41, 5.74) is 0.665. The van der Waals surface area contributed by atoms with Gasteiger partial charge < -0.3 is 5.11 Å². The average Bonchev–Trinajstić information content (AvgIpc) is 2.22. The molecule has 0 unspecified atom stereocenters. The monoisotopic (exact) mass is 258 g/mol. The van der Waals surface area contributed by atoms with Gasteiger partial charge in [0.25, 0.3) is 0 Å². The summed E-state index contributed by atoms with van der Waals surface area (Å²) < 4.78 is 0. The van der Waals surface area contributed by atoms with E-state index in [1.54, 1.807) is 13.0 Å². The Kier molecular flexibility index (Phi) is 4.10. The molecule has 0 aromatic heterocycles. The van der Waals surface area contributed by atoms with Gasteiger partial charge in [0, 0.05) is 11.1 Å².